The molecule has 166 valence electrons. The molecule has 0 heterocycles. The van der Waals surface area contributed by atoms with Crippen molar-refractivity contribution < 1.29 is 31.5 Å². The van der Waals surface area contributed by atoms with Gasteiger partial charge in [0.05, 0.1) is 15.2 Å². The zero-order chi connectivity index (χ0) is 22.5. The fourth-order valence-corrected chi connectivity index (χ4v) is 7.10. The summed E-state index contributed by atoms with van der Waals surface area (Å²) in [5, 5.41) is 11.0. The lowest BCUT2D eigenvalue weighted by atomic mass is 9.57. The maximum absolute atomic E-state index is 13.4. The third kappa shape index (κ3) is 3.94. The van der Waals surface area contributed by atoms with Crippen LogP contribution in [0.4, 0.5) is 18.9 Å². The minimum Gasteiger partial charge on any atom is -0.396 e. The van der Waals surface area contributed by atoms with Crippen molar-refractivity contribution in [3.05, 3.63) is 58.4 Å². The average Bonchev–Trinajstić information content (AvgIpc) is 2.72. The Hall–Kier alpha value is -2.10. The van der Waals surface area contributed by atoms with Gasteiger partial charge in [0.1, 0.15) is 0 Å². The summed E-state index contributed by atoms with van der Waals surface area (Å²) >= 11 is 6.14. The summed E-state index contributed by atoms with van der Waals surface area (Å²) in [6.07, 6.45) is 1.74. The molecule has 2 bridgehead atoms. The maximum atomic E-state index is 13.4. The Morgan fingerprint density at radius 1 is 1.06 bits per heavy atom. The SMILES string of the molecule is O=C(Nc1cc(F)c(F)c(F)c1)c1ccc(Cl)c(S(=O)(=O)C2CC3CC(C2)C3CO)c1. The molecular formula is C21H19ClF3NO4S. The first-order chi connectivity index (χ1) is 14.6. The van der Waals surface area contributed by atoms with Gasteiger partial charge in [-0.15, -0.1) is 0 Å². The molecular weight excluding hydrogens is 455 g/mol. The van der Waals surface area contributed by atoms with Gasteiger partial charge in [0.25, 0.3) is 5.91 Å². The predicted octanol–water partition coefficient (Wildman–Crippen LogP) is 4.19. The van der Waals surface area contributed by atoms with Crippen molar-refractivity contribution in [2.45, 2.75) is 29.4 Å². The summed E-state index contributed by atoms with van der Waals surface area (Å²) in [6, 6.07) is 4.93. The molecule has 2 N–H and O–H groups in total. The van der Waals surface area contributed by atoms with Gasteiger partial charge in [0.2, 0.25) is 0 Å². The van der Waals surface area contributed by atoms with Gasteiger partial charge in [-0.05, 0) is 55.2 Å². The highest BCUT2D eigenvalue weighted by atomic mass is 35.5. The summed E-state index contributed by atoms with van der Waals surface area (Å²) < 4.78 is 66.3. The number of amides is 1. The summed E-state index contributed by atoms with van der Waals surface area (Å²) in [4.78, 5) is 12.3. The fraction of sp³-hybridized carbons (Fsp3) is 0.381. The van der Waals surface area contributed by atoms with Gasteiger partial charge in [-0.25, -0.2) is 21.6 Å². The molecule has 0 radical (unpaired) electrons. The van der Waals surface area contributed by atoms with E-state index in [0.717, 1.165) is 12.5 Å². The molecule has 2 atom stereocenters. The van der Waals surface area contributed by atoms with Crippen molar-refractivity contribution in [3.63, 3.8) is 0 Å². The standard InChI is InChI=1S/C21H19ClF3NO4S/c22-16-2-1-10(21(28)26-13-7-17(23)20(25)18(24)8-13)6-19(16)31(29,30)14-4-11-3-12(5-14)15(11)9-27/h1-2,6-8,11-12,14-15,27H,3-5,9H2,(H,26,28). The molecule has 0 aliphatic heterocycles. The van der Waals surface area contributed by atoms with Crippen LogP contribution >= 0.6 is 11.6 Å². The van der Waals surface area contributed by atoms with Crippen molar-refractivity contribution in [3.8, 4) is 0 Å². The summed E-state index contributed by atoms with van der Waals surface area (Å²) in [5.41, 5.74) is -0.398. The summed E-state index contributed by atoms with van der Waals surface area (Å²) in [5.74, 6) is -4.99. The van der Waals surface area contributed by atoms with Crippen LogP contribution in [0.2, 0.25) is 5.02 Å². The Morgan fingerprint density at radius 2 is 1.68 bits per heavy atom. The number of anilines is 1. The number of carbonyl (C=O) groups excluding carboxylic acids is 1. The number of rotatable bonds is 5. The van der Waals surface area contributed by atoms with Gasteiger partial charge in [0.15, 0.2) is 27.3 Å². The van der Waals surface area contributed by atoms with Gasteiger partial charge >= 0.3 is 0 Å². The molecule has 0 aromatic heterocycles. The molecule has 1 amide bonds. The quantitative estimate of drug-likeness (QED) is 0.638. The van der Waals surface area contributed by atoms with Gasteiger partial charge in [-0.2, -0.15) is 0 Å². The molecule has 2 unspecified atom stereocenters. The van der Waals surface area contributed by atoms with Crippen LogP contribution in [0.3, 0.4) is 0 Å². The molecule has 0 saturated heterocycles. The minimum absolute atomic E-state index is 0.0339. The molecule has 3 saturated carbocycles. The van der Waals surface area contributed by atoms with E-state index < -0.39 is 38.4 Å². The van der Waals surface area contributed by atoms with Crippen LogP contribution in [-0.4, -0.2) is 31.3 Å². The number of hydrogen-bond acceptors (Lipinski definition) is 4. The summed E-state index contributed by atoms with van der Waals surface area (Å²) in [7, 11) is -3.84. The Bertz CT molecular complexity index is 1120. The van der Waals surface area contributed by atoms with Gasteiger partial charge in [0, 0.05) is 30.0 Å². The van der Waals surface area contributed by atoms with Crippen LogP contribution in [0.25, 0.3) is 0 Å². The average molecular weight is 474 g/mol. The number of halogens is 4. The molecule has 5 nitrogen and oxygen atoms in total. The maximum Gasteiger partial charge on any atom is 0.255 e. The van der Waals surface area contributed by atoms with Crippen LogP contribution in [0.5, 0.6) is 0 Å². The second kappa shape index (κ2) is 8.11. The van der Waals surface area contributed by atoms with Crippen LogP contribution in [-0.2, 0) is 9.84 Å². The largest absolute Gasteiger partial charge is 0.396 e. The highest BCUT2D eigenvalue weighted by Gasteiger charge is 2.50. The van der Waals surface area contributed by atoms with E-state index in [1.807, 2.05) is 0 Å². The van der Waals surface area contributed by atoms with E-state index in [1.54, 1.807) is 0 Å². The molecule has 2 aromatic rings. The van der Waals surface area contributed by atoms with Crippen LogP contribution in [0, 0.1) is 35.2 Å². The van der Waals surface area contributed by atoms with Crippen molar-refractivity contribution >= 4 is 33.0 Å². The van der Waals surface area contributed by atoms with Gasteiger partial charge in [-0.3, -0.25) is 4.79 Å². The lowest BCUT2D eigenvalue weighted by molar-refractivity contribution is -0.0218. The third-order valence-electron chi connectivity index (χ3n) is 6.34. The van der Waals surface area contributed by atoms with Gasteiger partial charge in [-0.1, -0.05) is 11.6 Å². The Balaban J connectivity index is 1.58. The molecule has 0 spiro atoms. The zero-order valence-electron chi connectivity index (χ0n) is 16.1. The Kier molecular flexibility index (Phi) is 5.78. The first kappa shape index (κ1) is 22.1. The lowest BCUT2D eigenvalue weighted by Gasteiger charge is -2.51. The van der Waals surface area contributed by atoms with Crippen molar-refractivity contribution in [1.82, 2.24) is 0 Å². The van der Waals surface area contributed by atoms with E-state index in [2.05, 4.69) is 5.32 Å². The molecule has 2 aromatic carbocycles. The van der Waals surface area contributed by atoms with Crippen LogP contribution in [0.1, 0.15) is 29.6 Å². The lowest BCUT2D eigenvalue weighted by Crippen LogP contribution is -2.49. The monoisotopic (exact) mass is 473 g/mol. The topological polar surface area (TPSA) is 83.5 Å². The number of hydrogen-bond donors (Lipinski definition) is 2. The summed E-state index contributed by atoms with van der Waals surface area (Å²) in [6.45, 7) is 0.0447. The smallest absolute Gasteiger partial charge is 0.255 e. The number of fused-ring (bicyclic) bond motifs is 2. The number of carbonyl (C=O) groups is 1. The highest BCUT2D eigenvalue weighted by molar-refractivity contribution is 7.92. The molecule has 3 aliphatic carbocycles. The molecule has 3 fully saturated rings. The van der Waals surface area contributed by atoms with E-state index >= 15 is 0 Å². The normalized spacial score (nSPS) is 25.1. The number of nitrogens with one attached hydrogen (secondary N) is 1. The second-order valence-corrected chi connectivity index (χ2v) is 10.7. The second-order valence-electron chi connectivity index (χ2n) is 8.09. The fourth-order valence-electron chi connectivity index (χ4n) is 4.67. The molecule has 3 aliphatic rings. The number of aliphatic hydroxyl groups is 1. The van der Waals surface area contributed by atoms with E-state index in [1.165, 1.54) is 12.1 Å². The molecule has 31 heavy (non-hydrogen) atoms. The number of benzene rings is 2. The number of aliphatic hydroxyl groups excluding tert-OH is 1. The first-order valence-electron chi connectivity index (χ1n) is 9.72. The van der Waals surface area contributed by atoms with Crippen LogP contribution < -0.4 is 5.32 Å². The first-order valence-corrected chi connectivity index (χ1v) is 11.6. The van der Waals surface area contributed by atoms with Crippen molar-refractivity contribution in [1.29, 1.82) is 0 Å². The van der Waals surface area contributed by atoms with E-state index in [-0.39, 0.29) is 45.5 Å². The highest BCUT2D eigenvalue weighted by Crippen LogP contribution is 2.52. The van der Waals surface area contributed by atoms with Crippen molar-refractivity contribution in [2.75, 3.05) is 11.9 Å². The zero-order valence-corrected chi connectivity index (χ0v) is 17.7. The third-order valence-corrected chi connectivity index (χ3v) is 8.99. The molecule has 5 rings (SSSR count). The van der Waals surface area contributed by atoms with Gasteiger partial charge < -0.3 is 10.4 Å². The molecule has 10 heteroatoms. The van der Waals surface area contributed by atoms with Crippen molar-refractivity contribution in [2.24, 2.45) is 17.8 Å². The van der Waals surface area contributed by atoms with E-state index in [0.29, 0.717) is 25.0 Å². The number of sulfone groups is 1. The predicted molar refractivity (Wildman–Crippen MR) is 108 cm³/mol. The minimum atomic E-state index is -3.84. The van der Waals surface area contributed by atoms with E-state index in [4.69, 9.17) is 11.6 Å². The Morgan fingerprint density at radius 3 is 2.26 bits per heavy atom. The Labute approximate surface area is 182 Å². The van der Waals surface area contributed by atoms with Crippen LogP contribution in [0.15, 0.2) is 35.2 Å². The van der Waals surface area contributed by atoms with E-state index in [9.17, 15) is 31.5 Å².